The molecule has 1 aromatic carbocycles. The Morgan fingerprint density at radius 3 is 2.68 bits per heavy atom. The molecule has 0 saturated heterocycles. The standard InChI is InChI=1S/C22H28O2S/c1-14(2)17-11-12-21(4,22-13-10-15(3)18(22)19(17)22)25-20(23)24-16-8-6-5-7-9-16/h5-9,14,17-19H,3,10-13H2,1-2,4H3/t17-,18+,19+,21?,22-/m0/s1. The molecule has 5 atom stereocenters. The molecule has 134 valence electrons. The van der Waals surface area contributed by atoms with Crippen LogP contribution in [0.4, 0.5) is 4.79 Å². The molecule has 0 N–H and O–H groups in total. The van der Waals surface area contributed by atoms with Crippen LogP contribution in [-0.2, 0) is 0 Å². The summed E-state index contributed by atoms with van der Waals surface area (Å²) in [5.41, 5.74) is 1.71. The van der Waals surface area contributed by atoms with Crippen LogP contribution in [0.25, 0.3) is 0 Å². The second-order valence-electron chi connectivity index (χ2n) is 8.65. The molecule has 3 heteroatoms. The number of thioether (sulfide) groups is 1. The molecule has 1 unspecified atom stereocenters. The maximum Gasteiger partial charge on any atom is 0.373 e. The van der Waals surface area contributed by atoms with Gasteiger partial charge in [0.05, 0.1) is 0 Å². The van der Waals surface area contributed by atoms with Gasteiger partial charge in [-0.3, -0.25) is 0 Å². The van der Waals surface area contributed by atoms with Crippen LogP contribution in [0.1, 0.15) is 46.5 Å². The molecule has 2 nitrogen and oxygen atoms in total. The summed E-state index contributed by atoms with van der Waals surface area (Å²) in [5.74, 6) is 3.48. The third-order valence-corrected chi connectivity index (χ3v) is 8.49. The van der Waals surface area contributed by atoms with Gasteiger partial charge in [0.1, 0.15) is 5.75 Å². The van der Waals surface area contributed by atoms with Crippen LogP contribution in [0.3, 0.4) is 0 Å². The van der Waals surface area contributed by atoms with E-state index in [0.29, 0.717) is 17.6 Å². The Bertz CT molecular complexity index is 697. The van der Waals surface area contributed by atoms with Crippen molar-refractivity contribution in [2.75, 3.05) is 0 Å². The summed E-state index contributed by atoms with van der Waals surface area (Å²) >= 11 is 1.45. The summed E-state index contributed by atoms with van der Waals surface area (Å²) in [5, 5.41) is -0.159. The second-order valence-corrected chi connectivity index (χ2v) is 10.1. The Morgan fingerprint density at radius 2 is 2.00 bits per heavy atom. The lowest BCUT2D eigenvalue weighted by atomic mass is 9.69. The number of fused-ring (bicyclic) bond motifs is 1. The largest absolute Gasteiger partial charge is 0.418 e. The van der Waals surface area contributed by atoms with Crippen LogP contribution in [0.5, 0.6) is 5.75 Å². The first-order valence-electron chi connectivity index (χ1n) is 9.52. The van der Waals surface area contributed by atoms with Gasteiger partial charge in [-0.1, -0.05) is 44.2 Å². The van der Waals surface area contributed by atoms with Crippen LogP contribution < -0.4 is 4.74 Å². The molecule has 3 aliphatic carbocycles. The summed E-state index contributed by atoms with van der Waals surface area (Å²) < 4.78 is 5.57. The number of carbonyl (C=O) groups excluding carboxylic acids is 1. The summed E-state index contributed by atoms with van der Waals surface area (Å²) in [7, 11) is 0. The van der Waals surface area contributed by atoms with Crippen molar-refractivity contribution in [2.45, 2.75) is 51.2 Å². The number of hydrogen-bond acceptors (Lipinski definition) is 3. The molecular formula is C22H28O2S. The zero-order valence-electron chi connectivity index (χ0n) is 15.5. The van der Waals surface area contributed by atoms with E-state index >= 15 is 0 Å². The molecule has 1 spiro atoms. The molecule has 0 aromatic heterocycles. The highest BCUT2D eigenvalue weighted by molar-refractivity contribution is 8.14. The Labute approximate surface area is 155 Å². The van der Waals surface area contributed by atoms with E-state index < -0.39 is 0 Å². The lowest BCUT2D eigenvalue weighted by Gasteiger charge is -2.44. The average Bonchev–Trinajstić information content (AvgIpc) is 3.13. The number of para-hydroxylation sites is 1. The molecule has 0 aliphatic heterocycles. The topological polar surface area (TPSA) is 26.3 Å². The van der Waals surface area contributed by atoms with Crippen LogP contribution in [0, 0.1) is 29.1 Å². The fourth-order valence-electron chi connectivity index (χ4n) is 6.05. The van der Waals surface area contributed by atoms with E-state index in [1.54, 1.807) is 0 Å². The molecule has 0 bridgehead atoms. The van der Waals surface area contributed by atoms with Crippen molar-refractivity contribution in [3.63, 3.8) is 0 Å². The van der Waals surface area contributed by atoms with Gasteiger partial charge < -0.3 is 4.74 Å². The molecule has 3 fully saturated rings. The van der Waals surface area contributed by atoms with Crippen LogP contribution in [-0.4, -0.2) is 10.0 Å². The highest BCUT2D eigenvalue weighted by atomic mass is 32.2. The van der Waals surface area contributed by atoms with Gasteiger partial charge in [-0.25, -0.2) is 4.79 Å². The predicted octanol–water partition coefficient (Wildman–Crippen LogP) is 6.33. The minimum Gasteiger partial charge on any atom is -0.418 e. The van der Waals surface area contributed by atoms with Crippen molar-refractivity contribution < 1.29 is 9.53 Å². The SMILES string of the molecule is C=C1CC[C@@]23[C@@H]([C@@H]12)[C@H](C(C)C)CCC3(C)SC(=O)Oc1ccccc1. The summed E-state index contributed by atoms with van der Waals surface area (Å²) in [4.78, 5) is 12.7. The maximum atomic E-state index is 12.7. The van der Waals surface area contributed by atoms with Crippen molar-refractivity contribution in [3.05, 3.63) is 42.5 Å². The van der Waals surface area contributed by atoms with Gasteiger partial charge in [0.2, 0.25) is 0 Å². The first-order valence-corrected chi connectivity index (χ1v) is 10.3. The van der Waals surface area contributed by atoms with E-state index in [1.807, 2.05) is 30.3 Å². The Kier molecular flexibility index (Phi) is 4.06. The fraction of sp³-hybridized carbons (Fsp3) is 0.591. The third-order valence-electron chi connectivity index (χ3n) is 7.21. The average molecular weight is 357 g/mol. The minimum absolute atomic E-state index is 0.0287. The highest BCUT2D eigenvalue weighted by Crippen LogP contribution is 2.82. The van der Waals surface area contributed by atoms with Gasteiger partial charge >= 0.3 is 5.30 Å². The summed E-state index contributed by atoms with van der Waals surface area (Å²) in [6, 6.07) is 9.41. The van der Waals surface area contributed by atoms with E-state index in [9.17, 15) is 4.79 Å². The zero-order valence-corrected chi connectivity index (χ0v) is 16.3. The minimum atomic E-state index is -0.159. The van der Waals surface area contributed by atoms with Gasteiger partial charge in [0, 0.05) is 4.75 Å². The summed E-state index contributed by atoms with van der Waals surface area (Å²) in [6.45, 7) is 11.4. The van der Waals surface area contributed by atoms with Gasteiger partial charge in [-0.05, 0) is 85.6 Å². The molecule has 0 radical (unpaired) electrons. The molecule has 0 amide bonds. The van der Waals surface area contributed by atoms with E-state index in [2.05, 4.69) is 27.4 Å². The smallest absolute Gasteiger partial charge is 0.373 e. The summed E-state index contributed by atoms with van der Waals surface area (Å²) in [6.07, 6.45) is 4.66. The maximum absolute atomic E-state index is 12.7. The number of hydrogen-bond donors (Lipinski definition) is 0. The number of allylic oxidation sites excluding steroid dienone is 1. The molecule has 3 aliphatic rings. The zero-order chi connectivity index (χ0) is 17.8. The van der Waals surface area contributed by atoms with E-state index in [4.69, 9.17) is 4.74 Å². The van der Waals surface area contributed by atoms with Crippen molar-refractivity contribution in [1.29, 1.82) is 0 Å². The van der Waals surface area contributed by atoms with Crippen LogP contribution >= 0.6 is 11.8 Å². The van der Waals surface area contributed by atoms with Gasteiger partial charge in [-0.15, -0.1) is 0 Å². The van der Waals surface area contributed by atoms with E-state index in [0.717, 1.165) is 24.7 Å². The van der Waals surface area contributed by atoms with Crippen LogP contribution in [0.2, 0.25) is 0 Å². The normalized spacial score (nSPS) is 39.0. The third kappa shape index (κ3) is 2.50. The lowest BCUT2D eigenvalue weighted by Crippen LogP contribution is -2.42. The van der Waals surface area contributed by atoms with E-state index in [1.165, 1.54) is 30.2 Å². The molecule has 1 aromatic rings. The Hall–Kier alpha value is -1.22. The monoisotopic (exact) mass is 356 g/mol. The first kappa shape index (κ1) is 17.2. The quantitative estimate of drug-likeness (QED) is 0.468. The van der Waals surface area contributed by atoms with Gasteiger partial charge in [0.25, 0.3) is 0 Å². The van der Waals surface area contributed by atoms with Crippen molar-refractivity contribution >= 4 is 17.1 Å². The molecule has 4 rings (SSSR count). The molecular weight excluding hydrogens is 328 g/mol. The number of rotatable bonds is 3. The molecule has 3 saturated carbocycles. The number of benzene rings is 1. The van der Waals surface area contributed by atoms with Crippen LogP contribution in [0.15, 0.2) is 42.5 Å². The van der Waals surface area contributed by atoms with Gasteiger partial charge in [0.15, 0.2) is 0 Å². The number of carbonyl (C=O) groups is 1. The fourth-order valence-corrected chi connectivity index (χ4v) is 7.33. The van der Waals surface area contributed by atoms with E-state index in [-0.39, 0.29) is 15.5 Å². The van der Waals surface area contributed by atoms with Crippen molar-refractivity contribution in [3.8, 4) is 5.75 Å². The molecule has 25 heavy (non-hydrogen) atoms. The van der Waals surface area contributed by atoms with Gasteiger partial charge in [-0.2, -0.15) is 0 Å². The lowest BCUT2D eigenvalue weighted by molar-refractivity contribution is 0.162. The Morgan fingerprint density at radius 1 is 1.28 bits per heavy atom. The predicted molar refractivity (Wildman–Crippen MR) is 104 cm³/mol. The number of ether oxygens (including phenoxy) is 1. The van der Waals surface area contributed by atoms with Crippen molar-refractivity contribution in [2.24, 2.45) is 29.1 Å². The molecule has 0 heterocycles. The highest BCUT2D eigenvalue weighted by Gasteiger charge is 2.78. The first-order chi connectivity index (χ1) is 11.9. The Balaban J connectivity index is 1.55. The van der Waals surface area contributed by atoms with Crippen molar-refractivity contribution in [1.82, 2.24) is 0 Å². The second kappa shape index (κ2) is 5.90.